The molecule has 0 aliphatic heterocycles. The summed E-state index contributed by atoms with van der Waals surface area (Å²) in [7, 11) is 0. The van der Waals surface area contributed by atoms with E-state index >= 15 is 0 Å². The predicted octanol–water partition coefficient (Wildman–Crippen LogP) is 2.10. The number of terminal acetylenes is 1. The van der Waals surface area contributed by atoms with Gasteiger partial charge in [0.2, 0.25) is 0 Å². The van der Waals surface area contributed by atoms with Crippen molar-refractivity contribution in [2.24, 2.45) is 0 Å². The number of Topliss-reactive ketones (excluding diaryl/α,β-unsaturated/α-hetero) is 1. The number of carbonyl (C=O) groups excluding carboxylic acids is 1. The minimum Gasteiger partial charge on any atom is -0.466 e. The van der Waals surface area contributed by atoms with Gasteiger partial charge in [0, 0.05) is 0 Å². The van der Waals surface area contributed by atoms with Crippen molar-refractivity contribution in [1.29, 1.82) is 0 Å². The average Bonchev–Trinajstić information content (AvgIpc) is 2.30. The second-order valence-corrected chi connectivity index (χ2v) is 2.63. The molecule has 0 aromatic carbocycles. The van der Waals surface area contributed by atoms with E-state index in [9.17, 15) is 4.79 Å². The van der Waals surface area contributed by atoms with Gasteiger partial charge in [0.25, 0.3) is 0 Å². The highest BCUT2D eigenvalue weighted by molar-refractivity contribution is 5.98. The topological polar surface area (TPSA) is 30.2 Å². The number of carbonyl (C=O) groups is 1. The molecule has 1 heterocycles. The van der Waals surface area contributed by atoms with E-state index in [1.807, 2.05) is 0 Å². The van der Waals surface area contributed by atoms with Gasteiger partial charge >= 0.3 is 0 Å². The SMILES string of the molecule is C#CCC(=O)c1cc(C)oc1C. The largest absolute Gasteiger partial charge is 0.466 e. The van der Waals surface area contributed by atoms with Crippen LogP contribution >= 0.6 is 0 Å². The third kappa shape index (κ3) is 1.57. The van der Waals surface area contributed by atoms with E-state index in [1.165, 1.54) is 0 Å². The molecular formula is C10H10O2. The molecule has 0 unspecified atom stereocenters. The molecule has 12 heavy (non-hydrogen) atoms. The monoisotopic (exact) mass is 162 g/mol. The fourth-order valence-electron chi connectivity index (χ4n) is 1.10. The fourth-order valence-corrected chi connectivity index (χ4v) is 1.10. The second-order valence-electron chi connectivity index (χ2n) is 2.63. The summed E-state index contributed by atoms with van der Waals surface area (Å²) in [5.41, 5.74) is 0.602. The zero-order chi connectivity index (χ0) is 9.14. The molecule has 0 N–H and O–H groups in total. The quantitative estimate of drug-likeness (QED) is 0.492. The maximum Gasteiger partial charge on any atom is 0.178 e. The molecule has 0 spiro atoms. The third-order valence-electron chi connectivity index (χ3n) is 1.60. The van der Waals surface area contributed by atoms with Crippen LogP contribution in [0.2, 0.25) is 0 Å². The van der Waals surface area contributed by atoms with E-state index in [2.05, 4.69) is 5.92 Å². The van der Waals surface area contributed by atoms with Crippen molar-refractivity contribution in [3.63, 3.8) is 0 Å². The first-order valence-electron chi connectivity index (χ1n) is 3.69. The first kappa shape index (κ1) is 8.61. The Hall–Kier alpha value is -1.49. The number of rotatable bonds is 2. The maximum atomic E-state index is 11.3. The Kier molecular flexibility index (Phi) is 2.35. The molecule has 0 aliphatic rings. The van der Waals surface area contributed by atoms with Crippen molar-refractivity contribution < 1.29 is 9.21 Å². The molecular weight excluding hydrogens is 152 g/mol. The zero-order valence-corrected chi connectivity index (χ0v) is 7.18. The molecule has 0 saturated heterocycles. The molecule has 0 radical (unpaired) electrons. The molecule has 0 amide bonds. The van der Waals surface area contributed by atoms with E-state index in [0.29, 0.717) is 11.3 Å². The van der Waals surface area contributed by atoms with Crippen molar-refractivity contribution in [2.75, 3.05) is 0 Å². The molecule has 1 aromatic rings. The van der Waals surface area contributed by atoms with Gasteiger partial charge in [0.05, 0.1) is 12.0 Å². The number of ketones is 1. The van der Waals surface area contributed by atoms with Gasteiger partial charge in [-0.05, 0) is 19.9 Å². The van der Waals surface area contributed by atoms with Crippen LogP contribution in [0, 0.1) is 26.2 Å². The summed E-state index contributed by atoms with van der Waals surface area (Å²) in [6.07, 6.45) is 5.16. The third-order valence-corrected chi connectivity index (χ3v) is 1.60. The van der Waals surface area contributed by atoms with Crippen molar-refractivity contribution in [1.82, 2.24) is 0 Å². The molecule has 0 atom stereocenters. The molecule has 0 bridgehead atoms. The molecule has 0 aliphatic carbocycles. The van der Waals surface area contributed by atoms with Crippen molar-refractivity contribution in [2.45, 2.75) is 20.3 Å². The van der Waals surface area contributed by atoms with E-state index < -0.39 is 0 Å². The lowest BCUT2D eigenvalue weighted by Gasteiger charge is -1.90. The highest BCUT2D eigenvalue weighted by Gasteiger charge is 2.11. The van der Waals surface area contributed by atoms with E-state index in [-0.39, 0.29) is 12.2 Å². The molecule has 1 rings (SSSR count). The maximum absolute atomic E-state index is 11.3. The summed E-state index contributed by atoms with van der Waals surface area (Å²) < 4.78 is 5.19. The molecule has 1 aromatic heterocycles. The number of hydrogen-bond donors (Lipinski definition) is 0. The van der Waals surface area contributed by atoms with Crippen LogP contribution in [0.1, 0.15) is 28.3 Å². The van der Waals surface area contributed by atoms with Gasteiger partial charge in [-0.15, -0.1) is 6.42 Å². The van der Waals surface area contributed by atoms with Crippen LogP contribution in [0.4, 0.5) is 0 Å². The van der Waals surface area contributed by atoms with Gasteiger partial charge in [-0.3, -0.25) is 4.79 Å². The van der Waals surface area contributed by atoms with Crippen molar-refractivity contribution in [3.05, 3.63) is 23.2 Å². The smallest absolute Gasteiger partial charge is 0.178 e. The lowest BCUT2D eigenvalue weighted by molar-refractivity contribution is 0.0997. The van der Waals surface area contributed by atoms with Crippen LogP contribution in [-0.4, -0.2) is 5.78 Å². The fraction of sp³-hybridized carbons (Fsp3) is 0.300. The van der Waals surface area contributed by atoms with Gasteiger partial charge in [0.1, 0.15) is 11.5 Å². The predicted molar refractivity (Wildman–Crippen MR) is 46.0 cm³/mol. The Labute approximate surface area is 71.6 Å². The van der Waals surface area contributed by atoms with Gasteiger partial charge in [-0.25, -0.2) is 0 Å². The summed E-state index contributed by atoms with van der Waals surface area (Å²) >= 11 is 0. The van der Waals surface area contributed by atoms with Crippen molar-refractivity contribution in [3.8, 4) is 12.3 Å². The standard InChI is InChI=1S/C10H10O2/c1-4-5-10(11)9-6-7(2)12-8(9)3/h1,6H,5H2,2-3H3. The summed E-state index contributed by atoms with van der Waals surface area (Å²) in [5, 5.41) is 0. The lowest BCUT2D eigenvalue weighted by Crippen LogP contribution is -1.96. The minimum atomic E-state index is -0.0492. The molecule has 2 heteroatoms. The van der Waals surface area contributed by atoms with E-state index in [1.54, 1.807) is 19.9 Å². The minimum absolute atomic E-state index is 0.0492. The zero-order valence-electron chi connectivity index (χ0n) is 7.18. The molecule has 2 nitrogen and oxygen atoms in total. The highest BCUT2D eigenvalue weighted by Crippen LogP contribution is 2.14. The lowest BCUT2D eigenvalue weighted by atomic mass is 10.1. The number of aryl methyl sites for hydroxylation is 2. The number of hydrogen-bond acceptors (Lipinski definition) is 2. The molecule has 0 saturated carbocycles. The van der Waals surface area contributed by atoms with Crippen LogP contribution in [0.15, 0.2) is 10.5 Å². The van der Waals surface area contributed by atoms with Gasteiger partial charge in [0.15, 0.2) is 5.78 Å². The Morgan fingerprint density at radius 2 is 2.33 bits per heavy atom. The first-order chi connectivity index (χ1) is 5.65. The van der Waals surface area contributed by atoms with Gasteiger partial charge in [-0.2, -0.15) is 0 Å². The highest BCUT2D eigenvalue weighted by atomic mass is 16.3. The van der Waals surface area contributed by atoms with Crippen LogP contribution in [0.25, 0.3) is 0 Å². The Morgan fingerprint density at radius 1 is 1.67 bits per heavy atom. The number of furan rings is 1. The van der Waals surface area contributed by atoms with Crippen LogP contribution in [-0.2, 0) is 0 Å². The van der Waals surface area contributed by atoms with Crippen LogP contribution in [0.3, 0.4) is 0 Å². The van der Waals surface area contributed by atoms with E-state index in [0.717, 1.165) is 5.76 Å². The molecule has 62 valence electrons. The van der Waals surface area contributed by atoms with Gasteiger partial charge < -0.3 is 4.42 Å². The summed E-state index contributed by atoms with van der Waals surface area (Å²) in [6.45, 7) is 3.57. The average molecular weight is 162 g/mol. The Bertz CT molecular complexity index is 339. The van der Waals surface area contributed by atoms with Crippen molar-refractivity contribution >= 4 is 5.78 Å². The normalized spacial score (nSPS) is 9.42. The summed E-state index contributed by atoms with van der Waals surface area (Å²) in [5.74, 6) is 3.65. The molecule has 0 fully saturated rings. The summed E-state index contributed by atoms with van der Waals surface area (Å²) in [4.78, 5) is 11.3. The Balaban J connectivity index is 2.96. The van der Waals surface area contributed by atoms with E-state index in [4.69, 9.17) is 10.8 Å². The van der Waals surface area contributed by atoms with Crippen LogP contribution < -0.4 is 0 Å². The Morgan fingerprint density at radius 3 is 2.75 bits per heavy atom. The summed E-state index contributed by atoms with van der Waals surface area (Å²) in [6, 6.07) is 1.72. The van der Waals surface area contributed by atoms with Gasteiger partial charge in [-0.1, -0.05) is 5.92 Å². The second kappa shape index (κ2) is 3.27. The first-order valence-corrected chi connectivity index (χ1v) is 3.69. The van der Waals surface area contributed by atoms with Crippen LogP contribution in [0.5, 0.6) is 0 Å².